The van der Waals surface area contributed by atoms with Crippen LogP contribution in [-0.2, 0) is 28.6 Å². The Morgan fingerprint density at radius 1 is 0.333 bits per heavy atom. The first-order valence-corrected chi connectivity index (χ1v) is 24.5. The zero-order valence-corrected chi connectivity index (χ0v) is 37.9. The predicted molar refractivity (Wildman–Crippen MR) is 242 cm³/mol. The van der Waals surface area contributed by atoms with Gasteiger partial charge in [0.15, 0.2) is 6.10 Å². The largest absolute Gasteiger partial charge is 0.462 e. The Hall–Kier alpha value is -2.37. The lowest BCUT2D eigenvalue weighted by Crippen LogP contribution is -2.30. The summed E-state index contributed by atoms with van der Waals surface area (Å²) in [5.41, 5.74) is 0. The Balaban J connectivity index is 4.35. The molecule has 0 bridgehead atoms. The number of rotatable bonds is 44. The highest BCUT2D eigenvalue weighted by molar-refractivity contribution is 5.71. The number of ether oxygens (including phenoxy) is 3. The van der Waals surface area contributed by atoms with E-state index < -0.39 is 6.10 Å². The summed E-state index contributed by atoms with van der Waals surface area (Å²) in [5.74, 6) is -0.899. The van der Waals surface area contributed by atoms with E-state index in [9.17, 15) is 14.4 Å². The van der Waals surface area contributed by atoms with Crippen LogP contribution in [0.2, 0.25) is 0 Å². The predicted octanol–water partition coefficient (Wildman–Crippen LogP) is 15.8. The molecule has 0 aromatic carbocycles. The number of hydrogen-bond acceptors (Lipinski definition) is 6. The van der Waals surface area contributed by atoms with Crippen molar-refractivity contribution in [3.05, 3.63) is 36.5 Å². The average molecular weight is 801 g/mol. The van der Waals surface area contributed by atoms with Gasteiger partial charge in [-0.3, -0.25) is 14.4 Å². The molecular formula is C51H92O6. The molecule has 0 aliphatic rings. The smallest absolute Gasteiger partial charge is 0.306 e. The van der Waals surface area contributed by atoms with E-state index in [1.807, 2.05) is 0 Å². The van der Waals surface area contributed by atoms with Gasteiger partial charge in [-0.15, -0.1) is 0 Å². The van der Waals surface area contributed by atoms with Gasteiger partial charge in [0, 0.05) is 19.3 Å². The Morgan fingerprint density at radius 2 is 0.596 bits per heavy atom. The molecule has 0 aromatic rings. The standard InChI is InChI=1S/C51H92O6/c1-4-7-10-13-16-19-22-23-24-25-26-27-30-33-36-39-42-45-51(54)57-48(46-55-49(52)43-40-37-34-31-28-20-17-14-11-8-5-2)47-56-50(53)44-41-38-35-32-29-21-18-15-12-9-6-3/h14-15,17-18,23-24,48H,4-13,16,19-22,25-47H2,1-3H3/b17-14-,18-15-,24-23-. The molecule has 0 spiro atoms. The van der Waals surface area contributed by atoms with Gasteiger partial charge in [0.25, 0.3) is 0 Å². The first-order chi connectivity index (χ1) is 28.0. The number of unbranched alkanes of at least 4 members (excludes halogenated alkanes) is 27. The minimum absolute atomic E-state index is 0.0800. The van der Waals surface area contributed by atoms with Crippen LogP contribution in [-0.4, -0.2) is 37.2 Å². The lowest BCUT2D eigenvalue weighted by molar-refractivity contribution is -0.167. The Bertz CT molecular complexity index is 921. The van der Waals surface area contributed by atoms with Crippen molar-refractivity contribution in [2.45, 2.75) is 258 Å². The Morgan fingerprint density at radius 3 is 0.930 bits per heavy atom. The van der Waals surface area contributed by atoms with Crippen LogP contribution in [0.25, 0.3) is 0 Å². The van der Waals surface area contributed by atoms with Gasteiger partial charge < -0.3 is 14.2 Å². The van der Waals surface area contributed by atoms with Crippen molar-refractivity contribution in [1.82, 2.24) is 0 Å². The molecule has 0 radical (unpaired) electrons. The van der Waals surface area contributed by atoms with Gasteiger partial charge >= 0.3 is 17.9 Å². The highest BCUT2D eigenvalue weighted by Crippen LogP contribution is 2.14. The van der Waals surface area contributed by atoms with Gasteiger partial charge in [0.2, 0.25) is 0 Å². The summed E-state index contributed by atoms with van der Waals surface area (Å²) in [7, 11) is 0. The lowest BCUT2D eigenvalue weighted by atomic mass is 10.1. The average Bonchev–Trinajstić information content (AvgIpc) is 3.21. The van der Waals surface area contributed by atoms with Gasteiger partial charge in [-0.25, -0.2) is 0 Å². The molecule has 0 aromatic heterocycles. The van der Waals surface area contributed by atoms with Gasteiger partial charge in [0.05, 0.1) is 0 Å². The zero-order valence-electron chi connectivity index (χ0n) is 37.9. The summed E-state index contributed by atoms with van der Waals surface area (Å²) in [6.07, 6.45) is 52.7. The van der Waals surface area contributed by atoms with Gasteiger partial charge in [0.1, 0.15) is 13.2 Å². The fourth-order valence-corrected chi connectivity index (χ4v) is 6.81. The molecule has 0 aliphatic heterocycles. The Labute approximate surface area is 353 Å². The first kappa shape index (κ1) is 54.6. The molecule has 0 saturated carbocycles. The van der Waals surface area contributed by atoms with Crippen molar-refractivity contribution in [3.63, 3.8) is 0 Å². The summed E-state index contributed by atoms with van der Waals surface area (Å²) in [4.78, 5) is 37.8. The van der Waals surface area contributed by atoms with E-state index in [2.05, 4.69) is 57.2 Å². The second-order valence-electron chi connectivity index (χ2n) is 16.4. The van der Waals surface area contributed by atoms with Gasteiger partial charge in [-0.2, -0.15) is 0 Å². The number of esters is 3. The molecule has 332 valence electrons. The summed E-state index contributed by atoms with van der Waals surface area (Å²) in [6.45, 7) is 6.54. The maximum atomic E-state index is 12.8. The van der Waals surface area contributed by atoms with Gasteiger partial charge in [-0.05, 0) is 83.5 Å². The number of carbonyl (C=O) groups is 3. The number of allylic oxidation sites excluding steroid dienone is 6. The third-order valence-electron chi connectivity index (χ3n) is 10.6. The molecule has 0 aliphatic carbocycles. The zero-order chi connectivity index (χ0) is 41.5. The quantitative estimate of drug-likeness (QED) is 0.0264. The normalized spacial score (nSPS) is 11.8. The minimum atomic E-state index is -0.777. The van der Waals surface area contributed by atoms with Crippen LogP contribution in [0.3, 0.4) is 0 Å². The molecule has 0 fully saturated rings. The van der Waals surface area contributed by atoms with E-state index >= 15 is 0 Å². The van der Waals surface area contributed by atoms with Gasteiger partial charge in [-0.1, -0.05) is 186 Å². The van der Waals surface area contributed by atoms with Crippen LogP contribution in [0.4, 0.5) is 0 Å². The molecule has 0 unspecified atom stereocenters. The van der Waals surface area contributed by atoms with E-state index in [0.717, 1.165) is 70.6 Å². The molecule has 0 saturated heterocycles. The summed E-state index contributed by atoms with van der Waals surface area (Å²) >= 11 is 0. The van der Waals surface area contributed by atoms with Crippen molar-refractivity contribution >= 4 is 17.9 Å². The minimum Gasteiger partial charge on any atom is -0.462 e. The van der Waals surface area contributed by atoms with Crippen molar-refractivity contribution in [1.29, 1.82) is 0 Å². The van der Waals surface area contributed by atoms with Crippen LogP contribution >= 0.6 is 0 Å². The fraction of sp³-hybridized carbons (Fsp3) is 0.824. The van der Waals surface area contributed by atoms with Crippen molar-refractivity contribution in [3.8, 4) is 0 Å². The van der Waals surface area contributed by atoms with Crippen molar-refractivity contribution in [2.75, 3.05) is 13.2 Å². The third-order valence-corrected chi connectivity index (χ3v) is 10.6. The molecule has 0 rings (SSSR count). The molecule has 6 heteroatoms. The van der Waals surface area contributed by atoms with Crippen LogP contribution < -0.4 is 0 Å². The van der Waals surface area contributed by atoms with E-state index in [4.69, 9.17) is 14.2 Å². The molecule has 0 heterocycles. The van der Waals surface area contributed by atoms with Crippen LogP contribution in [0.15, 0.2) is 36.5 Å². The number of carbonyl (C=O) groups excluding carboxylic acids is 3. The van der Waals surface area contributed by atoms with E-state index in [-0.39, 0.29) is 31.1 Å². The molecule has 0 N–H and O–H groups in total. The molecule has 6 nitrogen and oxygen atoms in total. The lowest BCUT2D eigenvalue weighted by Gasteiger charge is -2.18. The maximum Gasteiger partial charge on any atom is 0.306 e. The van der Waals surface area contributed by atoms with E-state index in [0.29, 0.717) is 19.3 Å². The summed E-state index contributed by atoms with van der Waals surface area (Å²) < 4.78 is 16.7. The molecule has 0 atom stereocenters. The highest BCUT2D eigenvalue weighted by atomic mass is 16.6. The SMILES string of the molecule is CCCC/C=C\CCCCCCCC(=O)OCC(COC(=O)CCCCCCC/C=C\CCCC)OC(=O)CCCCCCCCC/C=C\CCCCCCCC. The van der Waals surface area contributed by atoms with Crippen molar-refractivity contribution in [2.24, 2.45) is 0 Å². The van der Waals surface area contributed by atoms with E-state index in [1.165, 1.54) is 141 Å². The maximum absolute atomic E-state index is 12.8. The monoisotopic (exact) mass is 801 g/mol. The third kappa shape index (κ3) is 44.6. The second-order valence-corrected chi connectivity index (χ2v) is 16.4. The van der Waals surface area contributed by atoms with E-state index in [1.54, 1.807) is 0 Å². The summed E-state index contributed by atoms with van der Waals surface area (Å²) in [6, 6.07) is 0. The van der Waals surface area contributed by atoms with Crippen molar-refractivity contribution < 1.29 is 28.6 Å². The molecule has 0 amide bonds. The molecule has 57 heavy (non-hydrogen) atoms. The fourth-order valence-electron chi connectivity index (χ4n) is 6.81. The first-order valence-electron chi connectivity index (χ1n) is 24.5. The van der Waals surface area contributed by atoms with Crippen LogP contribution in [0, 0.1) is 0 Å². The molecular weight excluding hydrogens is 709 g/mol. The highest BCUT2D eigenvalue weighted by Gasteiger charge is 2.19. The second kappa shape index (κ2) is 46.3. The number of hydrogen-bond donors (Lipinski definition) is 0. The van der Waals surface area contributed by atoms with Crippen LogP contribution in [0.1, 0.15) is 252 Å². The topological polar surface area (TPSA) is 78.9 Å². The summed E-state index contributed by atoms with van der Waals surface area (Å²) in [5, 5.41) is 0. The van der Waals surface area contributed by atoms with Crippen LogP contribution in [0.5, 0.6) is 0 Å². The Kier molecular flexibility index (Phi) is 44.4.